The van der Waals surface area contributed by atoms with Crippen molar-refractivity contribution in [3.8, 4) is 0 Å². The van der Waals surface area contributed by atoms with E-state index in [0.717, 1.165) is 19.3 Å². The first kappa shape index (κ1) is 15.5. The lowest BCUT2D eigenvalue weighted by Crippen LogP contribution is -2.44. The van der Waals surface area contributed by atoms with Crippen LogP contribution in [-0.4, -0.2) is 36.5 Å². The van der Waals surface area contributed by atoms with Gasteiger partial charge < -0.3 is 9.64 Å². The molecular formula is C16H20FNO3. The molecule has 0 aromatic heterocycles. The van der Waals surface area contributed by atoms with Crippen LogP contribution in [0, 0.1) is 12.7 Å². The summed E-state index contributed by atoms with van der Waals surface area (Å²) in [5, 5.41) is 0. The molecular weight excluding hydrogens is 273 g/mol. The summed E-state index contributed by atoms with van der Waals surface area (Å²) >= 11 is 0. The van der Waals surface area contributed by atoms with Crippen molar-refractivity contribution in [3.63, 3.8) is 0 Å². The first-order valence-electron chi connectivity index (χ1n) is 7.17. The molecule has 1 saturated heterocycles. The smallest absolute Gasteiger partial charge is 0.307 e. The van der Waals surface area contributed by atoms with Crippen LogP contribution >= 0.6 is 0 Å². The first-order chi connectivity index (χ1) is 10.0. The summed E-state index contributed by atoms with van der Waals surface area (Å²) in [4.78, 5) is 25.8. The zero-order valence-electron chi connectivity index (χ0n) is 12.4. The number of nitrogens with zero attached hydrogens (tertiary/aromatic N) is 1. The maximum atomic E-state index is 13.3. The van der Waals surface area contributed by atoms with E-state index in [4.69, 9.17) is 4.74 Å². The zero-order chi connectivity index (χ0) is 15.4. The Balaban J connectivity index is 2.17. The summed E-state index contributed by atoms with van der Waals surface area (Å²) in [6.45, 7) is 2.26. The fourth-order valence-electron chi connectivity index (χ4n) is 2.70. The number of halogens is 1. The fraction of sp³-hybridized carbons (Fsp3) is 0.500. The number of amides is 1. The lowest BCUT2D eigenvalue weighted by atomic mass is 9.98. The van der Waals surface area contributed by atoms with Crippen molar-refractivity contribution in [2.75, 3.05) is 13.7 Å². The maximum absolute atomic E-state index is 13.3. The Morgan fingerprint density at radius 2 is 2.14 bits per heavy atom. The highest BCUT2D eigenvalue weighted by Gasteiger charge is 2.29. The van der Waals surface area contributed by atoms with Gasteiger partial charge in [0.25, 0.3) is 5.91 Å². The molecule has 1 aromatic carbocycles. The molecule has 1 fully saturated rings. The minimum absolute atomic E-state index is 0.135. The molecule has 0 bridgehead atoms. The molecule has 1 aromatic rings. The Labute approximate surface area is 123 Å². The number of benzene rings is 1. The fourth-order valence-corrected chi connectivity index (χ4v) is 2.70. The summed E-state index contributed by atoms with van der Waals surface area (Å²) in [5.41, 5.74) is 0.910. The second-order valence-electron chi connectivity index (χ2n) is 5.39. The van der Waals surface area contributed by atoms with E-state index in [9.17, 15) is 14.0 Å². The van der Waals surface area contributed by atoms with E-state index in [1.54, 1.807) is 17.9 Å². The molecule has 0 spiro atoms. The number of methoxy groups -OCH3 is 1. The van der Waals surface area contributed by atoms with E-state index in [1.807, 2.05) is 0 Å². The summed E-state index contributed by atoms with van der Waals surface area (Å²) < 4.78 is 18.0. The van der Waals surface area contributed by atoms with Gasteiger partial charge in [-0.3, -0.25) is 9.59 Å². The molecule has 1 heterocycles. The third-order valence-corrected chi connectivity index (χ3v) is 3.92. The first-order valence-corrected chi connectivity index (χ1v) is 7.17. The van der Waals surface area contributed by atoms with Gasteiger partial charge in [0.1, 0.15) is 5.82 Å². The van der Waals surface area contributed by atoms with Gasteiger partial charge in [0, 0.05) is 18.2 Å². The molecule has 0 radical (unpaired) electrons. The third kappa shape index (κ3) is 3.60. The van der Waals surface area contributed by atoms with Crippen LogP contribution in [0.1, 0.15) is 41.6 Å². The second-order valence-corrected chi connectivity index (χ2v) is 5.39. The molecule has 1 atom stereocenters. The Hall–Kier alpha value is -1.91. The minimum Gasteiger partial charge on any atom is -0.469 e. The van der Waals surface area contributed by atoms with Crippen molar-refractivity contribution in [1.29, 1.82) is 0 Å². The van der Waals surface area contributed by atoms with Gasteiger partial charge in [-0.2, -0.15) is 0 Å². The molecule has 1 aliphatic heterocycles. The molecule has 21 heavy (non-hydrogen) atoms. The predicted octanol–water partition coefficient (Wildman–Crippen LogP) is 2.69. The van der Waals surface area contributed by atoms with Crippen molar-refractivity contribution < 1.29 is 18.7 Å². The van der Waals surface area contributed by atoms with Gasteiger partial charge in [-0.05, 0) is 49.9 Å². The number of likely N-dealkylation sites (tertiary alicyclic amines) is 1. The molecule has 0 aliphatic carbocycles. The number of carbonyl (C=O) groups excluding carboxylic acids is 2. The Morgan fingerprint density at radius 3 is 2.81 bits per heavy atom. The number of esters is 1. The van der Waals surface area contributed by atoms with Crippen LogP contribution in [0.15, 0.2) is 18.2 Å². The molecule has 1 unspecified atom stereocenters. The van der Waals surface area contributed by atoms with E-state index < -0.39 is 0 Å². The van der Waals surface area contributed by atoms with Gasteiger partial charge >= 0.3 is 5.97 Å². The standard InChI is InChI=1S/C16H20FNO3/c1-11-9-12(6-7-14(11)17)16(20)18-8-4-3-5-13(18)10-15(19)21-2/h6-7,9,13H,3-5,8,10H2,1-2H3. The van der Waals surface area contributed by atoms with E-state index >= 15 is 0 Å². The van der Waals surface area contributed by atoms with Gasteiger partial charge in [0.05, 0.1) is 13.5 Å². The summed E-state index contributed by atoms with van der Waals surface area (Å²) in [7, 11) is 1.35. The molecule has 114 valence electrons. The van der Waals surface area contributed by atoms with Crippen LogP contribution in [0.25, 0.3) is 0 Å². The van der Waals surface area contributed by atoms with Crippen LogP contribution in [0.5, 0.6) is 0 Å². The summed E-state index contributed by atoms with van der Waals surface area (Å²) in [6.07, 6.45) is 2.92. The Bertz CT molecular complexity index is 544. The van der Waals surface area contributed by atoms with Gasteiger partial charge in [0.2, 0.25) is 0 Å². The van der Waals surface area contributed by atoms with E-state index in [-0.39, 0.29) is 30.2 Å². The quantitative estimate of drug-likeness (QED) is 0.805. The molecule has 1 amide bonds. The maximum Gasteiger partial charge on any atom is 0.307 e. The number of hydrogen-bond donors (Lipinski definition) is 0. The average molecular weight is 293 g/mol. The highest BCUT2D eigenvalue weighted by atomic mass is 19.1. The van der Waals surface area contributed by atoms with Crippen LogP contribution in [0.3, 0.4) is 0 Å². The van der Waals surface area contributed by atoms with Crippen molar-refractivity contribution in [2.45, 2.75) is 38.6 Å². The molecule has 5 heteroatoms. The third-order valence-electron chi connectivity index (χ3n) is 3.92. The minimum atomic E-state index is -0.323. The monoisotopic (exact) mass is 293 g/mol. The Morgan fingerprint density at radius 1 is 1.38 bits per heavy atom. The number of aryl methyl sites for hydroxylation is 1. The van der Waals surface area contributed by atoms with Crippen LogP contribution in [-0.2, 0) is 9.53 Å². The lowest BCUT2D eigenvalue weighted by Gasteiger charge is -2.35. The average Bonchev–Trinajstić information content (AvgIpc) is 2.49. The van der Waals surface area contributed by atoms with Crippen LogP contribution < -0.4 is 0 Å². The van der Waals surface area contributed by atoms with Crippen molar-refractivity contribution in [3.05, 3.63) is 35.1 Å². The van der Waals surface area contributed by atoms with Crippen molar-refractivity contribution in [1.82, 2.24) is 4.90 Å². The number of carbonyl (C=O) groups is 2. The van der Waals surface area contributed by atoms with Crippen molar-refractivity contribution >= 4 is 11.9 Å². The van der Waals surface area contributed by atoms with Crippen molar-refractivity contribution in [2.24, 2.45) is 0 Å². The van der Waals surface area contributed by atoms with Gasteiger partial charge in [0.15, 0.2) is 0 Å². The van der Waals surface area contributed by atoms with Crippen LogP contribution in [0.2, 0.25) is 0 Å². The molecule has 4 nitrogen and oxygen atoms in total. The predicted molar refractivity (Wildman–Crippen MR) is 76.4 cm³/mol. The summed E-state index contributed by atoms with van der Waals surface area (Å²) in [6, 6.07) is 4.22. The summed E-state index contributed by atoms with van der Waals surface area (Å²) in [5.74, 6) is -0.780. The van der Waals surface area contributed by atoms with Gasteiger partial charge in [-0.1, -0.05) is 0 Å². The molecule has 0 N–H and O–H groups in total. The molecule has 1 aliphatic rings. The van der Waals surface area contributed by atoms with Gasteiger partial charge in [-0.25, -0.2) is 4.39 Å². The highest BCUT2D eigenvalue weighted by molar-refractivity contribution is 5.95. The lowest BCUT2D eigenvalue weighted by molar-refractivity contribution is -0.142. The zero-order valence-corrected chi connectivity index (χ0v) is 12.4. The molecule has 0 saturated carbocycles. The largest absolute Gasteiger partial charge is 0.469 e. The van der Waals surface area contributed by atoms with Gasteiger partial charge in [-0.15, -0.1) is 0 Å². The van der Waals surface area contributed by atoms with E-state index in [0.29, 0.717) is 17.7 Å². The Kier molecular flexibility index (Phi) is 4.94. The number of ether oxygens (including phenoxy) is 1. The SMILES string of the molecule is COC(=O)CC1CCCCN1C(=O)c1ccc(F)c(C)c1. The van der Waals surface area contributed by atoms with Crippen LogP contribution in [0.4, 0.5) is 4.39 Å². The molecule has 2 rings (SSSR count). The van der Waals surface area contributed by atoms with E-state index in [2.05, 4.69) is 0 Å². The number of piperidine rings is 1. The normalized spacial score (nSPS) is 18.4. The second kappa shape index (κ2) is 6.70. The number of hydrogen-bond acceptors (Lipinski definition) is 3. The number of rotatable bonds is 3. The highest BCUT2D eigenvalue weighted by Crippen LogP contribution is 2.23. The van der Waals surface area contributed by atoms with E-state index in [1.165, 1.54) is 19.2 Å². The topological polar surface area (TPSA) is 46.6 Å².